The van der Waals surface area contributed by atoms with Crippen LogP contribution in [0.2, 0.25) is 0 Å². The van der Waals surface area contributed by atoms with Crippen molar-refractivity contribution in [2.24, 2.45) is 0 Å². The van der Waals surface area contributed by atoms with Crippen LogP contribution in [0.25, 0.3) is 0 Å². The molecule has 0 amide bonds. The molecular formula is C9H18F2. The number of hydrogen-bond donors (Lipinski definition) is 0. The molecule has 0 saturated heterocycles. The Morgan fingerprint density at radius 3 is 2.00 bits per heavy atom. The summed E-state index contributed by atoms with van der Waals surface area (Å²) >= 11 is 0. The molecule has 0 unspecified atom stereocenters. The fraction of sp³-hybridized carbons (Fsp3) is 1.00. The summed E-state index contributed by atoms with van der Waals surface area (Å²) in [5.74, 6) is -2.40. The molecule has 0 aromatic heterocycles. The molecule has 0 nitrogen and oxygen atoms in total. The van der Waals surface area contributed by atoms with E-state index >= 15 is 0 Å². The average molecular weight is 164 g/mol. The maximum atomic E-state index is 12.7. The topological polar surface area (TPSA) is 0 Å². The second kappa shape index (κ2) is 5.50. The van der Waals surface area contributed by atoms with Gasteiger partial charge in [-0.2, -0.15) is 0 Å². The Morgan fingerprint density at radius 2 is 1.55 bits per heavy atom. The lowest BCUT2D eigenvalue weighted by Gasteiger charge is -2.14. The van der Waals surface area contributed by atoms with Crippen LogP contribution in [0, 0.1) is 0 Å². The van der Waals surface area contributed by atoms with Crippen LogP contribution in [-0.4, -0.2) is 5.92 Å². The smallest absolute Gasteiger partial charge is 0.207 e. The van der Waals surface area contributed by atoms with E-state index in [0.29, 0.717) is 12.8 Å². The molecule has 0 saturated carbocycles. The van der Waals surface area contributed by atoms with Crippen LogP contribution in [0.15, 0.2) is 0 Å². The first-order valence-electron chi connectivity index (χ1n) is 4.50. The van der Waals surface area contributed by atoms with E-state index in [-0.39, 0.29) is 12.8 Å². The van der Waals surface area contributed by atoms with Gasteiger partial charge in [-0.05, 0) is 6.42 Å². The molecule has 0 fully saturated rings. The molecular weight excluding hydrogens is 146 g/mol. The predicted octanol–water partition coefficient (Wildman–Crippen LogP) is 4.00. The third-order valence-electron chi connectivity index (χ3n) is 1.76. The van der Waals surface area contributed by atoms with Crippen molar-refractivity contribution in [3.05, 3.63) is 0 Å². The number of hydrogen-bond acceptors (Lipinski definition) is 0. The zero-order valence-electron chi connectivity index (χ0n) is 7.50. The van der Waals surface area contributed by atoms with Gasteiger partial charge in [0.15, 0.2) is 0 Å². The van der Waals surface area contributed by atoms with Gasteiger partial charge in [0, 0.05) is 12.8 Å². The van der Waals surface area contributed by atoms with Crippen LogP contribution in [0.4, 0.5) is 8.78 Å². The van der Waals surface area contributed by atoms with Gasteiger partial charge < -0.3 is 0 Å². The molecule has 0 rings (SSSR count). The van der Waals surface area contributed by atoms with Crippen molar-refractivity contribution in [1.82, 2.24) is 0 Å². The van der Waals surface area contributed by atoms with E-state index in [0.717, 1.165) is 12.8 Å². The maximum absolute atomic E-state index is 12.7. The van der Waals surface area contributed by atoms with E-state index < -0.39 is 5.92 Å². The van der Waals surface area contributed by atoms with Gasteiger partial charge >= 0.3 is 0 Å². The quantitative estimate of drug-likeness (QED) is 0.520. The fourth-order valence-electron chi connectivity index (χ4n) is 1.12. The van der Waals surface area contributed by atoms with Gasteiger partial charge in [-0.15, -0.1) is 0 Å². The molecule has 68 valence electrons. The minimum atomic E-state index is -2.40. The summed E-state index contributed by atoms with van der Waals surface area (Å²) in [5, 5.41) is 0. The predicted molar refractivity (Wildman–Crippen MR) is 44.0 cm³/mol. The molecule has 0 N–H and O–H groups in total. The first-order chi connectivity index (χ1) is 5.12. The van der Waals surface area contributed by atoms with E-state index in [2.05, 4.69) is 0 Å². The Kier molecular flexibility index (Phi) is 5.43. The number of halogens is 2. The molecule has 2 heteroatoms. The fourth-order valence-corrected chi connectivity index (χ4v) is 1.12. The molecule has 0 aromatic carbocycles. The Morgan fingerprint density at radius 1 is 0.909 bits per heavy atom. The molecule has 0 heterocycles. The monoisotopic (exact) mass is 164 g/mol. The zero-order chi connectivity index (χ0) is 8.74. The van der Waals surface area contributed by atoms with Crippen molar-refractivity contribution in [2.75, 3.05) is 0 Å². The first kappa shape index (κ1) is 10.9. The highest BCUT2D eigenvalue weighted by Crippen LogP contribution is 2.26. The highest BCUT2D eigenvalue weighted by atomic mass is 19.3. The van der Waals surface area contributed by atoms with Gasteiger partial charge in [0.1, 0.15) is 0 Å². The Labute approximate surface area is 68.0 Å². The normalized spacial score (nSPS) is 12.0. The average Bonchev–Trinajstić information content (AvgIpc) is 1.87. The molecule has 0 aliphatic carbocycles. The van der Waals surface area contributed by atoms with Gasteiger partial charge in [-0.3, -0.25) is 0 Å². The van der Waals surface area contributed by atoms with E-state index in [4.69, 9.17) is 0 Å². The van der Waals surface area contributed by atoms with Gasteiger partial charge in [-0.25, -0.2) is 8.78 Å². The minimum absolute atomic E-state index is 0.0523. The molecule has 0 bridgehead atoms. The summed E-state index contributed by atoms with van der Waals surface area (Å²) in [6.45, 7) is 3.83. The lowest BCUT2D eigenvalue weighted by atomic mass is 10.1. The third-order valence-corrected chi connectivity index (χ3v) is 1.76. The molecule has 0 aromatic rings. The zero-order valence-corrected chi connectivity index (χ0v) is 7.50. The summed E-state index contributed by atoms with van der Waals surface area (Å²) < 4.78 is 25.5. The molecule has 0 aliphatic rings. The lowest BCUT2D eigenvalue weighted by Crippen LogP contribution is -2.14. The lowest BCUT2D eigenvalue weighted by molar-refractivity contribution is -0.0189. The minimum Gasteiger partial charge on any atom is -0.207 e. The standard InChI is InChI=1S/C9H18F2/c1-3-5-6-8-9(10,11)7-4-2/h3-8H2,1-2H3. The van der Waals surface area contributed by atoms with Crippen molar-refractivity contribution in [2.45, 2.75) is 58.3 Å². The van der Waals surface area contributed by atoms with Crippen LogP contribution in [-0.2, 0) is 0 Å². The van der Waals surface area contributed by atoms with Gasteiger partial charge in [0.2, 0.25) is 5.92 Å². The highest BCUT2D eigenvalue weighted by Gasteiger charge is 2.25. The third kappa shape index (κ3) is 6.27. The molecule has 0 aliphatic heterocycles. The van der Waals surface area contributed by atoms with Crippen molar-refractivity contribution in [1.29, 1.82) is 0 Å². The van der Waals surface area contributed by atoms with Gasteiger partial charge in [-0.1, -0.05) is 33.1 Å². The van der Waals surface area contributed by atoms with Crippen LogP contribution >= 0.6 is 0 Å². The summed E-state index contributed by atoms with van der Waals surface area (Å²) in [6.07, 6.45) is 3.33. The van der Waals surface area contributed by atoms with Crippen molar-refractivity contribution >= 4 is 0 Å². The van der Waals surface area contributed by atoms with Crippen LogP contribution in [0.5, 0.6) is 0 Å². The van der Waals surface area contributed by atoms with E-state index in [1.165, 1.54) is 0 Å². The second-order valence-electron chi connectivity index (χ2n) is 3.06. The van der Waals surface area contributed by atoms with E-state index in [1.54, 1.807) is 6.92 Å². The molecule has 0 spiro atoms. The number of alkyl halides is 2. The SMILES string of the molecule is CCCCCC(F)(F)CCC. The second-order valence-corrected chi connectivity index (χ2v) is 3.06. The van der Waals surface area contributed by atoms with Gasteiger partial charge in [0.25, 0.3) is 0 Å². The van der Waals surface area contributed by atoms with Crippen LogP contribution in [0.3, 0.4) is 0 Å². The highest BCUT2D eigenvalue weighted by molar-refractivity contribution is 4.64. The van der Waals surface area contributed by atoms with Crippen molar-refractivity contribution < 1.29 is 8.78 Å². The summed E-state index contributed by atoms with van der Waals surface area (Å²) in [6, 6.07) is 0. The van der Waals surface area contributed by atoms with E-state index in [1.807, 2.05) is 6.92 Å². The summed E-state index contributed by atoms with van der Waals surface area (Å²) in [4.78, 5) is 0. The van der Waals surface area contributed by atoms with Crippen LogP contribution in [0.1, 0.15) is 52.4 Å². The van der Waals surface area contributed by atoms with Crippen LogP contribution < -0.4 is 0 Å². The van der Waals surface area contributed by atoms with Gasteiger partial charge in [0.05, 0.1) is 0 Å². The number of rotatable bonds is 6. The summed E-state index contributed by atoms with van der Waals surface area (Å²) in [7, 11) is 0. The van der Waals surface area contributed by atoms with Crippen molar-refractivity contribution in [3.8, 4) is 0 Å². The largest absolute Gasteiger partial charge is 0.248 e. The molecule has 11 heavy (non-hydrogen) atoms. The Bertz CT molecular complexity index is 89.6. The van der Waals surface area contributed by atoms with Crippen molar-refractivity contribution in [3.63, 3.8) is 0 Å². The molecule has 0 radical (unpaired) electrons. The summed E-state index contributed by atoms with van der Waals surface area (Å²) in [5.41, 5.74) is 0. The Balaban J connectivity index is 3.38. The maximum Gasteiger partial charge on any atom is 0.248 e. The van der Waals surface area contributed by atoms with E-state index in [9.17, 15) is 8.78 Å². The number of unbranched alkanes of at least 4 members (excludes halogenated alkanes) is 2. The first-order valence-corrected chi connectivity index (χ1v) is 4.50. The molecule has 0 atom stereocenters. The Hall–Kier alpha value is -0.140.